The minimum absolute atomic E-state index is 0.106. The van der Waals surface area contributed by atoms with Crippen LogP contribution >= 0.6 is 11.3 Å². The van der Waals surface area contributed by atoms with Crippen molar-refractivity contribution in [1.82, 2.24) is 10.1 Å². The number of rotatable bonds is 5. The molecule has 1 atom stereocenters. The van der Waals surface area contributed by atoms with Gasteiger partial charge in [-0.3, -0.25) is 0 Å². The molecule has 3 nitrogen and oxygen atoms in total. The molecule has 4 heteroatoms. The predicted octanol–water partition coefficient (Wildman–Crippen LogP) is 5.15. The summed E-state index contributed by atoms with van der Waals surface area (Å²) < 4.78 is 5.44. The van der Waals surface area contributed by atoms with Crippen molar-refractivity contribution < 1.29 is 4.52 Å². The fraction of sp³-hybridized carbons (Fsp3) is 0.333. The second-order valence-corrected chi connectivity index (χ2v) is 6.94. The Morgan fingerprint density at radius 1 is 1.09 bits per heavy atom. The summed E-state index contributed by atoms with van der Waals surface area (Å²) in [4.78, 5) is 5.57. The molecular formula is C18H20N2OS. The van der Waals surface area contributed by atoms with Crippen LogP contribution in [0.5, 0.6) is 0 Å². The van der Waals surface area contributed by atoms with Crippen LogP contribution in [-0.4, -0.2) is 10.1 Å². The number of hydrogen-bond acceptors (Lipinski definition) is 4. The zero-order valence-corrected chi connectivity index (χ0v) is 13.9. The lowest BCUT2D eigenvalue weighted by Crippen LogP contribution is -1.98. The van der Waals surface area contributed by atoms with Gasteiger partial charge in [0.2, 0.25) is 11.7 Å². The van der Waals surface area contributed by atoms with E-state index in [0.29, 0.717) is 17.6 Å². The molecule has 0 N–H and O–H groups in total. The van der Waals surface area contributed by atoms with Gasteiger partial charge in [-0.1, -0.05) is 49.3 Å². The number of nitrogens with zero attached hydrogens (tertiary/aromatic N) is 2. The average Bonchev–Trinajstić information content (AvgIpc) is 3.18. The van der Waals surface area contributed by atoms with Crippen molar-refractivity contribution in [3.8, 4) is 10.7 Å². The van der Waals surface area contributed by atoms with Crippen molar-refractivity contribution in [1.29, 1.82) is 0 Å². The lowest BCUT2D eigenvalue weighted by molar-refractivity contribution is 0.371. The zero-order chi connectivity index (χ0) is 15.5. The number of benzene rings is 1. The van der Waals surface area contributed by atoms with E-state index in [-0.39, 0.29) is 5.92 Å². The normalized spacial score (nSPS) is 12.7. The van der Waals surface area contributed by atoms with Crippen molar-refractivity contribution >= 4 is 11.3 Å². The molecule has 3 aromatic rings. The molecule has 2 heterocycles. The molecule has 0 spiro atoms. The van der Waals surface area contributed by atoms with Crippen molar-refractivity contribution in [2.75, 3.05) is 0 Å². The highest BCUT2D eigenvalue weighted by Crippen LogP contribution is 2.27. The minimum atomic E-state index is 0.106. The van der Waals surface area contributed by atoms with Crippen LogP contribution in [0.1, 0.15) is 43.7 Å². The maximum atomic E-state index is 5.44. The lowest BCUT2D eigenvalue weighted by atomic mass is 9.97. The van der Waals surface area contributed by atoms with E-state index in [1.54, 1.807) is 11.3 Å². The number of hydrogen-bond donors (Lipinski definition) is 0. The highest BCUT2D eigenvalue weighted by Gasteiger charge is 2.17. The van der Waals surface area contributed by atoms with Crippen LogP contribution in [0.15, 0.2) is 46.3 Å². The standard InChI is InChI=1S/C18H20N2OS/c1-12(2)11-14-6-8-15(9-7-14)13(3)18-19-17(20-21-18)16-5-4-10-22-16/h4-10,12-13H,11H2,1-3H3/t13-/m0/s1. The molecule has 0 saturated carbocycles. The molecule has 0 amide bonds. The molecule has 2 aromatic heterocycles. The van der Waals surface area contributed by atoms with Crippen molar-refractivity contribution in [3.63, 3.8) is 0 Å². The molecule has 0 aliphatic heterocycles. The van der Waals surface area contributed by atoms with E-state index < -0.39 is 0 Å². The quantitative estimate of drug-likeness (QED) is 0.654. The first-order valence-corrected chi connectivity index (χ1v) is 8.47. The molecule has 0 fully saturated rings. The summed E-state index contributed by atoms with van der Waals surface area (Å²) in [6.45, 7) is 6.57. The third-order valence-electron chi connectivity index (χ3n) is 3.68. The van der Waals surface area contributed by atoms with Gasteiger partial charge in [0.15, 0.2) is 0 Å². The molecule has 22 heavy (non-hydrogen) atoms. The van der Waals surface area contributed by atoms with Crippen LogP contribution in [0.2, 0.25) is 0 Å². The van der Waals surface area contributed by atoms with Gasteiger partial charge in [0.1, 0.15) is 0 Å². The van der Waals surface area contributed by atoms with Gasteiger partial charge in [-0.05, 0) is 41.8 Å². The molecule has 0 radical (unpaired) electrons. The molecule has 1 aromatic carbocycles. The van der Waals surface area contributed by atoms with Gasteiger partial charge in [0.25, 0.3) is 0 Å². The third kappa shape index (κ3) is 3.28. The molecule has 0 saturated heterocycles. The molecule has 0 bridgehead atoms. The van der Waals surface area contributed by atoms with Gasteiger partial charge in [-0.25, -0.2) is 0 Å². The van der Waals surface area contributed by atoms with Crippen LogP contribution in [0, 0.1) is 5.92 Å². The Labute approximate surface area is 135 Å². The maximum absolute atomic E-state index is 5.44. The van der Waals surface area contributed by atoms with E-state index in [1.165, 1.54) is 11.1 Å². The average molecular weight is 312 g/mol. The smallest absolute Gasteiger partial charge is 0.234 e. The summed E-state index contributed by atoms with van der Waals surface area (Å²) in [5.41, 5.74) is 2.57. The first-order chi connectivity index (χ1) is 10.6. The highest BCUT2D eigenvalue weighted by atomic mass is 32.1. The van der Waals surface area contributed by atoms with E-state index in [9.17, 15) is 0 Å². The van der Waals surface area contributed by atoms with Gasteiger partial charge in [-0.2, -0.15) is 4.98 Å². The Bertz CT molecular complexity index is 714. The van der Waals surface area contributed by atoms with Gasteiger partial charge < -0.3 is 4.52 Å². The number of thiophene rings is 1. The predicted molar refractivity (Wildman–Crippen MR) is 90.1 cm³/mol. The Hall–Kier alpha value is -1.94. The maximum Gasteiger partial charge on any atom is 0.234 e. The second-order valence-electron chi connectivity index (χ2n) is 5.99. The minimum Gasteiger partial charge on any atom is -0.338 e. The molecule has 0 aliphatic rings. The lowest BCUT2D eigenvalue weighted by Gasteiger charge is -2.09. The summed E-state index contributed by atoms with van der Waals surface area (Å²) in [5.74, 6) is 2.12. The summed E-state index contributed by atoms with van der Waals surface area (Å²) in [6, 6.07) is 12.7. The SMILES string of the molecule is CC(C)Cc1ccc([C@H](C)c2nc(-c3cccs3)no2)cc1. The van der Waals surface area contributed by atoms with E-state index in [4.69, 9.17) is 4.52 Å². The molecule has 0 unspecified atom stereocenters. The topological polar surface area (TPSA) is 38.9 Å². The Morgan fingerprint density at radius 3 is 2.50 bits per heavy atom. The van der Waals surface area contributed by atoms with Gasteiger partial charge in [-0.15, -0.1) is 11.3 Å². The van der Waals surface area contributed by atoms with Crippen molar-refractivity contribution in [2.24, 2.45) is 5.92 Å². The molecule has 3 rings (SSSR count). The Morgan fingerprint density at radius 2 is 1.86 bits per heavy atom. The fourth-order valence-corrected chi connectivity index (χ4v) is 3.12. The van der Waals surface area contributed by atoms with E-state index in [0.717, 1.165) is 11.3 Å². The third-order valence-corrected chi connectivity index (χ3v) is 4.54. The fourth-order valence-electron chi connectivity index (χ4n) is 2.47. The summed E-state index contributed by atoms with van der Waals surface area (Å²) >= 11 is 1.62. The largest absolute Gasteiger partial charge is 0.338 e. The monoisotopic (exact) mass is 312 g/mol. The first-order valence-electron chi connectivity index (χ1n) is 7.60. The van der Waals surface area contributed by atoms with E-state index in [1.807, 2.05) is 17.5 Å². The molecule has 114 valence electrons. The van der Waals surface area contributed by atoms with Gasteiger partial charge >= 0.3 is 0 Å². The van der Waals surface area contributed by atoms with Gasteiger partial charge in [0, 0.05) is 0 Å². The van der Waals surface area contributed by atoms with Gasteiger partial charge in [0.05, 0.1) is 10.8 Å². The Kier molecular flexibility index (Phi) is 4.39. The van der Waals surface area contributed by atoms with Crippen molar-refractivity contribution in [2.45, 2.75) is 33.1 Å². The van der Waals surface area contributed by atoms with E-state index in [2.05, 4.69) is 55.2 Å². The zero-order valence-electron chi connectivity index (χ0n) is 13.1. The summed E-state index contributed by atoms with van der Waals surface area (Å²) in [6.07, 6.45) is 1.11. The first kappa shape index (κ1) is 15.0. The number of aromatic nitrogens is 2. The van der Waals surface area contributed by atoms with Crippen molar-refractivity contribution in [3.05, 3.63) is 58.8 Å². The molecular weight excluding hydrogens is 292 g/mol. The van der Waals surface area contributed by atoms with Crippen LogP contribution < -0.4 is 0 Å². The Balaban J connectivity index is 1.77. The second kappa shape index (κ2) is 6.44. The summed E-state index contributed by atoms with van der Waals surface area (Å²) in [5, 5.41) is 6.10. The molecule has 0 aliphatic carbocycles. The van der Waals surface area contributed by atoms with Crippen LogP contribution in [0.4, 0.5) is 0 Å². The highest BCUT2D eigenvalue weighted by molar-refractivity contribution is 7.13. The van der Waals surface area contributed by atoms with E-state index >= 15 is 0 Å². The van der Waals surface area contributed by atoms with Crippen LogP contribution in [0.25, 0.3) is 10.7 Å². The van der Waals surface area contributed by atoms with Crippen LogP contribution in [-0.2, 0) is 6.42 Å². The van der Waals surface area contributed by atoms with Crippen LogP contribution in [0.3, 0.4) is 0 Å². The summed E-state index contributed by atoms with van der Waals surface area (Å²) in [7, 11) is 0.